The number of rotatable bonds is 5. The molecular formula is C28H39N5O4. The summed E-state index contributed by atoms with van der Waals surface area (Å²) in [6, 6.07) is 9.53. The number of para-hydroxylation sites is 2. The number of amides is 1. The second-order valence-corrected chi connectivity index (χ2v) is 11.4. The number of hydrogen-bond acceptors (Lipinski definition) is 7. The van der Waals surface area contributed by atoms with Crippen molar-refractivity contribution in [3.8, 4) is 0 Å². The SMILES string of the molecule is O=C1CN(c2nc3ccccc3n([C@@H]3C[C@@H]4CCC3N4C3CCCCCCC3)c2=O)CCN1CC(O)O. The Kier molecular flexibility index (Phi) is 6.94. The fourth-order valence-corrected chi connectivity index (χ4v) is 7.53. The summed E-state index contributed by atoms with van der Waals surface area (Å²) < 4.78 is 2.01. The molecule has 0 spiro atoms. The Morgan fingerprint density at radius 2 is 1.65 bits per heavy atom. The molecule has 4 aliphatic rings. The summed E-state index contributed by atoms with van der Waals surface area (Å²) in [6.07, 6.45) is 11.0. The molecule has 9 nitrogen and oxygen atoms in total. The maximum atomic E-state index is 14.1. The van der Waals surface area contributed by atoms with E-state index in [1.807, 2.05) is 28.8 Å². The van der Waals surface area contributed by atoms with Crippen molar-refractivity contribution in [2.45, 2.75) is 94.7 Å². The summed E-state index contributed by atoms with van der Waals surface area (Å²) in [5.74, 6) is 0.104. The van der Waals surface area contributed by atoms with E-state index in [2.05, 4.69) is 4.90 Å². The third kappa shape index (κ3) is 4.66. The van der Waals surface area contributed by atoms with Crippen LogP contribution >= 0.6 is 0 Å². The maximum Gasteiger partial charge on any atom is 0.294 e. The van der Waals surface area contributed by atoms with Gasteiger partial charge in [0.25, 0.3) is 5.56 Å². The van der Waals surface area contributed by atoms with E-state index in [4.69, 9.17) is 4.98 Å². The minimum absolute atomic E-state index is 0.0121. The first-order valence-corrected chi connectivity index (χ1v) is 14.2. The lowest BCUT2D eigenvalue weighted by atomic mass is 9.94. The molecule has 3 saturated heterocycles. The van der Waals surface area contributed by atoms with Crippen LogP contribution in [0.1, 0.15) is 70.3 Å². The Labute approximate surface area is 217 Å². The van der Waals surface area contributed by atoms with E-state index in [1.165, 1.54) is 56.3 Å². The highest BCUT2D eigenvalue weighted by atomic mass is 16.5. The number of fused-ring (bicyclic) bond motifs is 3. The molecule has 37 heavy (non-hydrogen) atoms. The summed E-state index contributed by atoms with van der Waals surface area (Å²) in [7, 11) is 0. The van der Waals surface area contributed by atoms with Crippen molar-refractivity contribution < 1.29 is 15.0 Å². The number of anilines is 1. The number of benzene rings is 1. The van der Waals surface area contributed by atoms with E-state index in [-0.39, 0.29) is 30.6 Å². The van der Waals surface area contributed by atoms with Gasteiger partial charge in [0.2, 0.25) is 5.91 Å². The first kappa shape index (κ1) is 24.8. The van der Waals surface area contributed by atoms with Crippen molar-refractivity contribution in [1.29, 1.82) is 0 Å². The first-order valence-electron chi connectivity index (χ1n) is 14.2. The van der Waals surface area contributed by atoms with Crippen LogP contribution in [-0.4, -0.2) is 86.1 Å². The highest BCUT2D eigenvalue weighted by Gasteiger charge is 2.50. The summed E-state index contributed by atoms with van der Waals surface area (Å²) in [5, 5.41) is 18.6. The molecule has 9 heteroatoms. The summed E-state index contributed by atoms with van der Waals surface area (Å²) in [5.41, 5.74) is 1.54. The number of piperazine rings is 1. The minimum atomic E-state index is -1.56. The molecule has 200 valence electrons. The molecule has 2 N–H and O–H groups in total. The van der Waals surface area contributed by atoms with Gasteiger partial charge in [-0.2, -0.15) is 0 Å². The predicted octanol–water partition coefficient (Wildman–Crippen LogP) is 2.25. The molecule has 3 aliphatic heterocycles. The third-order valence-electron chi connectivity index (χ3n) is 9.17. The molecule has 1 saturated carbocycles. The van der Waals surface area contributed by atoms with Gasteiger partial charge in [0.05, 0.1) is 30.2 Å². The van der Waals surface area contributed by atoms with Crippen molar-refractivity contribution in [3.63, 3.8) is 0 Å². The van der Waals surface area contributed by atoms with Crippen LogP contribution < -0.4 is 10.5 Å². The molecule has 4 fully saturated rings. The van der Waals surface area contributed by atoms with E-state index in [0.29, 0.717) is 37.0 Å². The zero-order valence-corrected chi connectivity index (χ0v) is 21.5. The fraction of sp³-hybridized carbons (Fsp3) is 0.679. The van der Waals surface area contributed by atoms with Gasteiger partial charge in [-0.15, -0.1) is 0 Å². The number of aromatic nitrogens is 2. The monoisotopic (exact) mass is 509 g/mol. The zero-order valence-electron chi connectivity index (χ0n) is 21.5. The van der Waals surface area contributed by atoms with Gasteiger partial charge in [-0.1, -0.05) is 44.2 Å². The molecule has 1 aromatic carbocycles. The minimum Gasteiger partial charge on any atom is -0.367 e. The van der Waals surface area contributed by atoms with Crippen LogP contribution in [0.3, 0.4) is 0 Å². The number of β-amino-alcohol motifs (C(OH)–C–C–N with tert-alkyl or cyclic N) is 2. The molecule has 1 aliphatic carbocycles. The lowest BCUT2D eigenvalue weighted by molar-refractivity contribution is -0.137. The highest BCUT2D eigenvalue weighted by molar-refractivity contribution is 5.83. The largest absolute Gasteiger partial charge is 0.367 e. The number of hydrogen-bond donors (Lipinski definition) is 2. The van der Waals surface area contributed by atoms with Crippen LogP contribution in [0, 0.1) is 0 Å². The summed E-state index contributed by atoms with van der Waals surface area (Å²) in [6.45, 7) is 0.653. The third-order valence-corrected chi connectivity index (χ3v) is 9.17. The number of carbonyl (C=O) groups excluding carboxylic acids is 1. The average Bonchev–Trinajstić information content (AvgIpc) is 3.43. The van der Waals surface area contributed by atoms with Gasteiger partial charge >= 0.3 is 0 Å². The van der Waals surface area contributed by atoms with Gasteiger partial charge in [-0.05, 0) is 44.2 Å². The normalized spacial score (nSPS) is 27.9. The lowest BCUT2D eigenvalue weighted by Gasteiger charge is -2.36. The Bertz CT molecular complexity index is 1190. The van der Waals surface area contributed by atoms with E-state index in [9.17, 15) is 19.8 Å². The average molecular weight is 510 g/mol. The Hall–Kier alpha value is -2.49. The zero-order chi connectivity index (χ0) is 25.5. The standard InChI is InChI=1S/C28H39N5O4/c34-25-17-31(15-14-30(25)18-26(35)36)27-28(37)33(22-11-7-6-10-21(22)29-27)24-16-20-12-13-23(24)32(20)19-8-4-2-1-3-5-9-19/h6-7,10-11,19-20,23-24,26,35-36H,1-5,8-9,12-18H2/t20-,23?,24+/m0/s1. The number of aliphatic hydroxyl groups excluding tert-OH is 1. The topological polar surface area (TPSA) is 102 Å². The van der Waals surface area contributed by atoms with E-state index in [0.717, 1.165) is 23.9 Å². The number of nitrogens with zero attached hydrogens (tertiary/aromatic N) is 5. The van der Waals surface area contributed by atoms with Gasteiger partial charge in [0, 0.05) is 31.2 Å². The van der Waals surface area contributed by atoms with Crippen LogP contribution in [0.15, 0.2) is 29.1 Å². The van der Waals surface area contributed by atoms with E-state index >= 15 is 0 Å². The maximum absolute atomic E-state index is 14.1. The van der Waals surface area contributed by atoms with Crippen LogP contribution in [0.5, 0.6) is 0 Å². The molecule has 2 bridgehead atoms. The van der Waals surface area contributed by atoms with Gasteiger partial charge < -0.3 is 20.0 Å². The van der Waals surface area contributed by atoms with E-state index in [1.54, 1.807) is 4.90 Å². The van der Waals surface area contributed by atoms with Crippen molar-refractivity contribution in [1.82, 2.24) is 19.4 Å². The van der Waals surface area contributed by atoms with Crippen molar-refractivity contribution in [2.24, 2.45) is 0 Å². The Balaban J connectivity index is 1.33. The molecule has 1 aromatic heterocycles. The predicted molar refractivity (Wildman–Crippen MR) is 141 cm³/mol. The number of aliphatic hydroxyl groups is 2. The number of carbonyl (C=O) groups is 1. The Morgan fingerprint density at radius 3 is 2.41 bits per heavy atom. The van der Waals surface area contributed by atoms with Gasteiger partial charge in [0.1, 0.15) is 0 Å². The molecule has 0 radical (unpaired) electrons. The Morgan fingerprint density at radius 1 is 0.892 bits per heavy atom. The van der Waals surface area contributed by atoms with Crippen molar-refractivity contribution >= 4 is 22.8 Å². The van der Waals surface area contributed by atoms with Crippen molar-refractivity contribution in [3.05, 3.63) is 34.6 Å². The molecule has 2 aromatic rings. The van der Waals surface area contributed by atoms with Crippen LogP contribution in [0.25, 0.3) is 11.0 Å². The molecule has 3 atom stereocenters. The van der Waals surface area contributed by atoms with Crippen LogP contribution in [0.2, 0.25) is 0 Å². The highest BCUT2D eigenvalue weighted by Crippen LogP contribution is 2.47. The molecule has 1 amide bonds. The molecular weight excluding hydrogens is 470 g/mol. The van der Waals surface area contributed by atoms with Crippen molar-refractivity contribution in [2.75, 3.05) is 31.1 Å². The van der Waals surface area contributed by atoms with Crippen LogP contribution in [0.4, 0.5) is 5.82 Å². The van der Waals surface area contributed by atoms with Gasteiger partial charge in [-0.3, -0.25) is 19.1 Å². The fourth-order valence-electron chi connectivity index (χ4n) is 7.53. The van der Waals surface area contributed by atoms with Gasteiger partial charge in [-0.25, -0.2) is 4.98 Å². The quantitative estimate of drug-likeness (QED) is 0.596. The smallest absolute Gasteiger partial charge is 0.294 e. The lowest BCUT2D eigenvalue weighted by Crippen LogP contribution is -2.54. The van der Waals surface area contributed by atoms with Crippen LogP contribution in [-0.2, 0) is 4.79 Å². The van der Waals surface area contributed by atoms with E-state index < -0.39 is 6.29 Å². The summed E-state index contributed by atoms with van der Waals surface area (Å²) in [4.78, 5) is 37.6. The second kappa shape index (κ2) is 10.3. The molecule has 6 rings (SSSR count). The molecule has 1 unspecified atom stereocenters. The van der Waals surface area contributed by atoms with Gasteiger partial charge in [0.15, 0.2) is 12.1 Å². The molecule has 4 heterocycles. The first-order chi connectivity index (χ1) is 18.0. The summed E-state index contributed by atoms with van der Waals surface area (Å²) >= 11 is 0. The second-order valence-electron chi connectivity index (χ2n) is 11.4.